The number of hydrogen-bond acceptors (Lipinski definition) is 5. The van der Waals surface area contributed by atoms with Gasteiger partial charge in [0, 0.05) is 18.1 Å². The van der Waals surface area contributed by atoms with Gasteiger partial charge in [0.05, 0.1) is 10.6 Å². The van der Waals surface area contributed by atoms with Crippen molar-refractivity contribution in [3.8, 4) is 11.5 Å². The van der Waals surface area contributed by atoms with E-state index in [9.17, 15) is 13.2 Å². The van der Waals surface area contributed by atoms with Gasteiger partial charge in [-0.3, -0.25) is 9.52 Å². The average molecular weight is 361 g/mol. The van der Waals surface area contributed by atoms with Gasteiger partial charge in [0.1, 0.15) is 13.2 Å². The van der Waals surface area contributed by atoms with Crippen LogP contribution in [0.4, 0.5) is 5.69 Å². The fourth-order valence-electron chi connectivity index (χ4n) is 2.52. The van der Waals surface area contributed by atoms with Gasteiger partial charge in [0.2, 0.25) is 0 Å². The third-order valence-corrected chi connectivity index (χ3v) is 5.26. The highest BCUT2D eigenvalue weighted by molar-refractivity contribution is 7.92. The van der Waals surface area contributed by atoms with Gasteiger partial charge in [0.15, 0.2) is 17.3 Å². The second kappa shape index (κ2) is 6.76. The molecule has 0 saturated heterocycles. The largest absolute Gasteiger partial charge is 0.486 e. The van der Waals surface area contributed by atoms with Crippen molar-refractivity contribution in [1.82, 2.24) is 0 Å². The Hall–Kier alpha value is -2.54. The van der Waals surface area contributed by atoms with Crippen molar-refractivity contribution >= 4 is 21.5 Å². The van der Waals surface area contributed by atoms with Gasteiger partial charge in [-0.05, 0) is 25.1 Å². The van der Waals surface area contributed by atoms with E-state index in [0.29, 0.717) is 24.7 Å². The minimum atomic E-state index is -3.82. The Balaban J connectivity index is 2.03. The highest BCUT2D eigenvalue weighted by atomic mass is 32.2. The zero-order valence-corrected chi connectivity index (χ0v) is 14.9. The Morgan fingerprint density at radius 2 is 1.68 bits per heavy atom. The normalized spacial score (nSPS) is 13.4. The number of Topliss-reactive ketones (excluding diaryl/α,β-unsaturated/α-hetero) is 1. The molecule has 0 atom stereocenters. The fraction of sp³-hybridized carbons (Fsp3) is 0.278. The predicted octanol–water partition coefficient (Wildman–Crippen LogP) is 3.16. The lowest BCUT2D eigenvalue weighted by molar-refractivity contribution is 0.0988. The number of rotatable bonds is 5. The van der Waals surface area contributed by atoms with Gasteiger partial charge >= 0.3 is 0 Å². The van der Waals surface area contributed by atoms with Crippen LogP contribution < -0.4 is 14.2 Å². The SMILES string of the molecule is CCC(=O)c1cc2c(cc1NS(=O)(=O)c1ccc(C)cc1)OCCO2. The Morgan fingerprint density at radius 1 is 1.08 bits per heavy atom. The van der Waals surface area contributed by atoms with Crippen LogP contribution in [0.3, 0.4) is 0 Å². The first-order valence-corrected chi connectivity index (χ1v) is 9.45. The molecule has 0 saturated carbocycles. The molecule has 0 amide bonds. The Labute approximate surface area is 146 Å². The first-order valence-electron chi connectivity index (χ1n) is 7.97. The molecule has 1 heterocycles. The zero-order valence-electron chi connectivity index (χ0n) is 14.0. The average Bonchev–Trinajstić information content (AvgIpc) is 2.60. The number of benzene rings is 2. The number of aryl methyl sites for hydroxylation is 1. The number of anilines is 1. The van der Waals surface area contributed by atoms with Crippen molar-refractivity contribution < 1.29 is 22.7 Å². The van der Waals surface area contributed by atoms with Gasteiger partial charge in [-0.2, -0.15) is 0 Å². The van der Waals surface area contributed by atoms with Crippen molar-refractivity contribution in [2.24, 2.45) is 0 Å². The van der Waals surface area contributed by atoms with E-state index in [4.69, 9.17) is 9.47 Å². The molecule has 132 valence electrons. The summed E-state index contributed by atoms with van der Waals surface area (Å²) in [7, 11) is -3.82. The monoisotopic (exact) mass is 361 g/mol. The molecule has 1 aliphatic rings. The topological polar surface area (TPSA) is 81.7 Å². The van der Waals surface area contributed by atoms with Crippen LogP contribution in [-0.2, 0) is 10.0 Å². The van der Waals surface area contributed by atoms with Crippen molar-refractivity contribution in [3.63, 3.8) is 0 Å². The van der Waals surface area contributed by atoms with E-state index in [0.717, 1.165) is 5.56 Å². The van der Waals surface area contributed by atoms with E-state index in [1.807, 2.05) is 6.92 Å². The molecule has 25 heavy (non-hydrogen) atoms. The molecule has 2 aromatic rings. The van der Waals surface area contributed by atoms with Crippen LogP contribution >= 0.6 is 0 Å². The molecular formula is C18H19NO5S. The summed E-state index contributed by atoms with van der Waals surface area (Å²) in [4.78, 5) is 12.4. The molecule has 0 spiro atoms. The third-order valence-electron chi connectivity index (χ3n) is 3.88. The van der Waals surface area contributed by atoms with Crippen LogP contribution in [0.25, 0.3) is 0 Å². The minimum Gasteiger partial charge on any atom is -0.486 e. The van der Waals surface area contributed by atoms with Crippen molar-refractivity contribution in [1.29, 1.82) is 0 Å². The van der Waals surface area contributed by atoms with Crippen LogP contribution in [0, 0.1) is 6.92 Å². The van der Waals surface area contributed by atoms with E-state index in [-0.39, 0.29) is 28.4 Å². The second-order valence-corrected chi connectivity index (χ2v) is 7.42. The number of carbonyl (C=O) groups is 1. The molecule has 0 unspecified atom stereocenters. The van der Waals surface area contributed by atoms with Crippen LogP contribution in [0.15, 0.2) is 41.3 Å². The molecule has 0 bridgehead atoms. The molecule has 0 radical (unpaired) electrons. The summed E-state index contributed by atoms with van der Waals surface area (Å²) in [5.41, 5.74) is 1.42. The molecule has 0 aromatic heterocycles. The molecule has 0 fully saturated rings. The number of ether oxygens (including phenoxy) is 2. The van der Waals surface area contributed by atoms with Gasteiger partial charge < -0.3 is 9.47 Å². The highest BCUT2D eigenvalue weighted by Gasteiger charge is 2.23. The summed E-state index contributed by atoms with van der Waals surface area (Å²) in [6, 6.07) is 9.53. The second-order valence-electron chi connectivity index (χ2n) is 5.74. The number of sulfonamides is 1. The lowest BCUT2D eigenvalue weighted by atomic mass is 10.1. The quantitative estimate of drug-likeness (QED) is 0.827. The first-order chi connectivity index (χ1) is 11.9. The maximum atomic E-state index is 12.6. The van der Waals surface area contributed by atoms with Crippen LogP contribution in [0.5, 0.6) is 11.5 Å². The Morgan fingerprint density at radius 3 is 2.28 bits per heavy atom. The maximum absolute atomic E-state index is 12.6. The Bertz CT molecular complexity index is 904. The van der Waals surface area contributed by atoms with E-state index >= 15 is 0 Å². The summed E-state index contributed by atoms with van der Waals surface area (Å²) in [5, 5.41) is 0. The van der Waals surface area contributed by atoms with Gasteiger partial charge in [-0.15, -0.1) is 0 Å². The summed E-state index contributed by atoms with van der Waals surface area (Å²) in [6.07, 6.45) is 0.249. The number of hydrogen-bond donors (Lipinski definition) is 1. The zero-order chi connectivity index (χ0) is 18.0. The molecule has 1 aliphatic heterocycles. The molecule has 7 heteroatoms. The standard InChI is InChI=1S/C18H19NO5S/c1-3-16(20)14-10-17-18(24-9-8-23-17)11-15(14)19-25(21,22)13-6-4-12(2)5-7-13/h4-7,10-11,19H,3,8-9H2,1-2H3. The van der Waals surface area contributed by atoms with E-state index in [2.05, 4.69) is 4.72 Å². The molecule has 6 nitrogen and oxygen atoms in total. The predicted molar refractivity (Wildman–Crippen MR) is 94.0 cm³/mol. The van der Waals surface area contributed by atoms with Gasteiger partial charge in [-0.25, -0.2) is 8.42 Å². The Kier molecular flexibility index (Phi) is 4.67. The number of ketones is 1. The minimum absolute atomic E-state index is 0.128. The van der Waals surface area contributed by atoms with Crippen LogP contribution in [0.1, 0.15) is 29.3 Å². The molecular weight excluding hydrogens is 342 g/mol. The van der Waals surface area contributed by atoms with E-state index in [1.54, 1.807) is 19.1 Å². The van der Waals surface area contributed by atoms with E-state index in [1.165, 1.54) is 24.3 Å². The van der Waals surface area contributed by atoms with E-state index < -0.39 is 10.0 Å². The molecule has 0 aliphatic carbocycles. The summed E-state index contributed by atoms with van der Waals surface area (Å²) >= 11 is 0. The molecule has 1 N–H and O–H groups in total. The molecule has 2 aromatic carbocycles. The lowest BCUT2D eigenvalue weighted by Gasteiger charge is -2.21. The third kappa shape index (κ3) is 3.61. The van der Waals surface area contributed by atoms with Crippen molar-refractivity contribution in [2.45, 2.75) is 25.2 Å². The fourth-order valence-corrected chi connectivity index (χ4v) is 3.59. The maximum Gasteiger partial charge on any atom is 0.261 e. The summed E-state index contributed by atoms with van der Waals surface area (Å²) in [6.45, 7) is 4.36. The number of nitrogens with one attached hydrogen (secondary N) is 1. The van der Waals surface area contributed by atoms with Gasteiger partial charge in [0.25, 0.3) is 10.0 Å². The molecule has 3 rings (SSSR count). The van der Waals surface area contributed by atoms with Crippen LogP contribution in [-0.4, -0.2) is 27.4 Å². The van der Waals surface area contributed by atoms with Crippen molar-refractivity contribution in [3.05, 3.63) is 47.5 Å². The smallest absolute Gasteiger partial charge is 0.261 e. The summed E-state index contributed by atoms with van der Waals surface area (Å²) in [5.74, 6) is 0.681. The number of fused-ring (bicyclic) bond motifs is 1. The van der Waals surface area contributed by atoms with Crippen LogP contribution in [0.2, 0.25) is 0 Å². The van der Waals surface area contributed by atoms with Gasteiger partial charge in [-0.1, -0.05) is 24.6 Å². The highest BCUT2D eigenvalue weighted by Crippen LogP contribution is 2.37. The summed E-state index contributed by atoms with van der Waals surface area (Å²) < 4.78 is 38.8. The van der Waals surface area contributed by atoms with Crippen molar-refractivity contribution in [2.75, 3.05) is 17.9 Å². The number of carbonyl (C=O) groups excluding carboxylic acids is 1. The first kappa shape index (κ1) is 17.3. The lowest BCUT2D eigenvalue weighted by Crippen LogP contribution is -2.19.